The maximum absolute atomic E-state index is 12.0. The summed E-state index contributed by atoms with van der Waals surface area (Å²) in [4.78, 5) is 21.8. The van der Waals surface area contributed by atoms with Crippen LogP contribution in [0.3, 0.4) is 0 Å². The van der Waals surface area contributed by atoms with E-state index < -0.39 is 0 Å². The molecule has 0 fully saturated rings. The summed E-state index contributed by atoms with van der Waals surface area (Å²) in [5, 5.41) is 1.87. The van der Waals surface area contributed by atoms with Gasteiger partial charge in [0.1, 0.15) is 6.26 Å². The normalized spacial score (nSPS) is 11.3. The van der Waals surface area contributed by atoms with Gasteiger partial charge in [-0.05, 0) is 25.5 Å². The third kappa shape index (κ3) is 3.45. The summed E-state index contributed by atoms with van der Waals surface area (Å²) in [6.07, 6.45) is 3.45. The van der Waals surface area contributed by atoms with Gasteiger partial charge in [0, 0.05) is 34.7 Å². The standard InChI is InChI=1S/C19H17N3O2S2/c1-12-3-4-16(13(2)7-12)18-20-15(9-24-18)11-25-10-14-8-17(23)22-5-6-26-19(22)21-14/h3-9H,10-11H2,1-2H3. The molecule has 0 saturated heterocycles. The number of hydrogen-bond acceptors (Lipinski definition) is 6. The highest BCUT2D eigenvalue weighted by atomic mass is 32.2. The summed E-state index contributed by atoms with van der Waals surface area (Å²) in [5.74, 6) is 2.02. The zero-order chi connectivity index (χ0) is 18.1. The molecule has 0 amide bonds. The van der Waals surface area contributed by atoms with Crippen LogP contribution in [0.15, 0.2) is 51.3 Å². The summed E-state index contributed by atoms with van der Waals surface area (Å²) in [5.41, 5.74) is 5.04. The van der Waals surface area contributed by atoms with Crippen molar-refractivity contribution in [1.29, 1.82) is 0 Å². The zero-order valence-corrected chi connectivity index (χ0v) is 16.1. The molecule has 7 heteroatoms. The number of oxazole rings is 1. The molecule has 0 spiro atoms. The number of fused-ring (bicyclic) bond motifs is 1. The lowest BCUT2D eigenvalue weighted by molar-refractivity contribution is 0.573. The van der Waals surface area contributed by atoms with Crippen molar-refractivity contribution in [3.05, 3.63) is 75.0 Å². The Kier molecular flexibility index (Phi) is 4.65. The fraction of sp³-hybridized carbons (Fsp3) is 0.211. The van der Waals surface area contributed by atoms with Crippen LogP contribution in [0.25, 0.3) is 16.4 Å². The molecular weight excluding hydrogens is 366 g/mol. The van der Waals surface area contributed by atoms with E-state index in [4.69, 9.17) is 4.42 Å². The molecule has 4 rings (SSSR count). The summed E-state index contributed by atoms with van der Waals surface area (Å²) in [6.45, 7) is 4.13. The van der Waals surface area contributed by atoms with Crippen molar-refractivity contribution in [2.75, 3.05) is 0 Å². The van der Waals surface area contributed by atoms with Crippen LogP contribution in [0, 0.1) is 13.8 Å². The highest BCUT2D eigenvalue weighted by molar-refractivity contribution is 7.97. The molecule has 3 heterocycles. The second-order valence-corrected chi connectivity index (χ2v) is 7.96. The molecule has 0 N–H and O–H groups in total. The maximum Gasteiger partial charge on any atom is 0.258 e. The van der Waals surface area contributed by atoms with Crippen molar-refractivity contribution in [2.45, 2.75) is 25.4 Å². The van der Waals surface area contributed by atoms with Crippen LogP contribution >= 0.6 is 23.1 Å². The van der Waals surface area contributed by atoms with Crippen LogP contribution in [0.2, 0.25) is 0 Å². The highest BCUT2D eigenvalue weighted by Crippen LogP contribution is 2.25. The second kappa shape index (κ2) is 7.09. The van der Waals surface area contributed by atoms with E-state index in [9.17, 15) is 4.79 Å². The summed E-state index contributed by atoms with van der Waals surface area (Å²) in [7, 11) is 0. The lowest BCUT2D eigenvalue weighted by atomic mass is 10.1. The fourth-order valence-electron chi connectivity index (χ4n) is 2.77. The molecule has 0 bridgehead atoms. The van der Waals surface area contributed by atoms with E-state index in [1.54, 1.807) is 34.7 Å². The van der Waals surface area contributed by atoms with Gasteiger partial charge in [-0.25, -0.2) is 9.97 Å². The van der Waals surface area contributed by atoms with Crippen LogP contribution < -0.4 is 5.56 Å². The van der Waals surface area contributed by atoms with E-state index in [1.165, 1.54) is 16.9 Å². The number of nitrogens with zero attached hydrogens (tertiary/aromatic N) is 3. The Morgan fingerprint density at radius 3 is 2.85 bits per heavy atom. The SMILES string of the molecule is Cc1ccc(-c2nc(CSCc3cc(=O)n4ccsc4n3)co2)c(C)c1. The average molecular weight is 383 g/mol. The van der Waals surface area contributed by atoms with Gasteiger partial charge in [0.25, 0.3) is 5.56 Å². The molecule has 26 heavy (non-hydrogen) atoms. The average Bonchev–Trinajstić information content (AvgIpc) is 3.24. The zero-order valence-electron chi connectivity index (χ0n) is 14.4. The van der Waals surface area contributed by atoms with Gasteiger partial charge < -0.3 is 4.42 Å². The summed E-state index contributed by atoms with van der Waals surface area (Å²) < 4.78 is 7.21. The molecule has 0 saturated carbocycles. The Balaban J connectivity index is 1.43. The number of rotatable bonds is 5. The summed E-state index contributed by atoms with van der Waals surface area (Å²) >= 11 is 3.13. The van der Waals surface area contributed by atoms with Crippen LogP contribution in [0.1, 0.15) is 22.5 Å². The number of thioether (sulfide) groups is 1. The van der Waals surface area contributed by atoms with Gasteiger partial charge in [-0.1, -0.05) is 17.7 Å². The van der Waals surface area contributed by atoms with Gasteiger partial charge in [0.05, 0.1) is 11.4 Å². The van der Waals surface area contributed by atoms with Crippen molar-refractivity contribution in [1.82, 2.24) is 14.4 Å². The fourth-order valence-corrected chi connectivity index (χ4v) is 4.31. The number of aromatic nitrogens is 3. The molecule has 0 radical (unpaired) electrons. The molecule has 4 aromatic rings. The maximum atomic E-state index is 12.0. The van der Waals surface area contributed by atoms with Gasteiger partial charge in [0.2, 0.25) is 5.89 Å². The highest BCUT2D eigenvalue weighted by Gasteiger charge is 2.10. The first-order chi connectivity index (χ1) is 12.6. The second-order valence-electron chi connectivity index (χ2n) is 6.10. The minimum absolute atomic E-state index is 0.0366. The van der Waals surface area contributed by atoms with Gasteiger partial charge in [-0.3, -0.25) is 9.20 Å². The first kappa shape index (κ1) is 17.1. The molecule has 0 unspecified atom stereocenters. The summed E-state index contributed by atoms with van der Waals surface area (Å²) in [6, 6.07) is 7.82. The molecular formula is C19H17N3O2S2. The number of benzene rings is 1. The van der Waals surface area contributed by atoms with Gasteiger partial charge in [0.15, 0.2) is 4.96 Å². The van der Waals surface area contributed by atoms with E-state index in [0.717, 1.165) is 27.5 Å². The predicted octanol–water partition coefficient (Wildman–Crippen LogP) is 4.46. The van der Waals surface area contributed by atoms with Gasteiger partial charge in [-0.2, -0.15) is 0 Å². The lowest BCUT2D eigenvalue weighted by Crippen LogP contribution is -2.12. The van der Waals surface area contributed by atoms with E-state index >= 15 is 0 Å². The molecule has 5 nitrogen and oxygen atoms in total. The molecule has 132 valence electrons. The Hall–Kier alpha value is -2.38. The Morgan fingerprint density at radius 2 is 2.00 bits per heavy atom. The Morgan fingerprint density at radius 1 is 1.15 bits per heavy atom. The first-order valence-electron chi connectivity index (χ1n) is 8.16. The lowest BCUT2D eigenvalue weighted by Gasteiger charge is -2.02. The number of aryl methyl sites for hydroxylation is 2. The molecule has 0 aliphatic carbocycles. The van der Waals surface area contributed by atoms with Gasteiger partial charge >= 0.3 is 0 Å². The monoisotopic (exact) mass is 383 g/mol. The van der Waals surface area contributed by atoms with E-state index in [1.807, 2.05) is 11.4 Å². The quantitative estimate of drug-likeness (QED) is 0.509. The minimum atomic E-state index is -0.0366. The van der Waals surface area contributed by atoms with Gasteiger partial charge in [-0.15, -0.1) is 23.1 Å². The molecule has 0 aliphatic rings. The molecule has 0 atom stereocenters. The van der Waals surface area contributed by atoms with Crippen LogP contribution in [0.4, 0.5) is 0 Å². The predicted molar refractivity (Wildman–Crippen MR) is 106 cm³/mol. The van der Waals surface area contributed by atoms with Crippen molar-refractivity contribution >= 4 is 28.1 Å². The van der Waals surface area contributed by atoms with Crippen molar-refractivity contribution in [2.24, 2.45) is 0 Å². The van der Waals surface area contributed by atoms with E-state index in [-0.39, 0.29) is 5.56 Å². The van der Waals surface area contributed by atoms with E-state index in [2.05, 4.69) is 35.9 Å². The third-order valence-corrected chi connectivity index (χ3v) is 5.78. The number of hydrogen-bond donors (Lipinski definition) is 0. The first-order valence-corrected chi connectivity index (χ1v) is 10.2. The van der Waals surface area contributed by atoms with Crippen molar-refractivity contribution in [3.63, 3.8) is 0 Å². The molecule has 3 aromatic heterocycles. The van der Waals surface area contributed by atoms with Crippen LogP contribution in [0.5, 0.6) is 0 Å². The Labute approximate surface area is 158 Å². The molecule has 0 aliphatic heterocycles. The molecule has 1 aromatic carbocycles. The third-order valence-electron chi connectivity index (χ3n) is 4.02. The smallest absolute Gasteiger partial charge is 0.258 e. The Bertz CT molecular complexity index is 1130. The van der Waals surface area contributed by atoms with Crippen LogP contribution in [-0.4, -0.2) is 14.4 Å². The van der Waals surface area contributed by atoms with E-state index in [0.29, 0.717) is 17.4 Å². The van der Waals surface area contributed by atoms with Crippen LogP contribution in [-0.2, 0) is 11.5 Å². The van der Waals surface area contributed by atoms with Crippen molar-refractivity contribution < 1.29 is 4.42 Å². The number of thiazole rings is 1. The van der Waals surface area contributed by atoms with Crippen molar-refractivity contribution in [3.8, 4) is 11.5 Å². The minimum Gasteiger partial charge on any atom is -0.444 e. The largest absolute Gasteiger partial charge is 0.444 e. The topological polar surface area (TPSA) is 60.4 Å².